The fraction of sp³-hybridized carbons (Fsp3) is 0.188. The molecule has 0 spiro atoms. The van der Waals surface area contributed by atoms with E-state index in [1.807, 2.05) is 30.3 Å². The monoisotopic (exact) mass is 657 g/mol. The molecule has 0 radical (unpaired) electrons. The molecule has 0 aliphatic heterocycles. The lowest BCUT2D eigenvalue weighted by atomic mass is 10.0. The van der Waals surface area contributed by atoms with E-state index in [1.165, 1.54) is 35.2 Å². The highest BCUT2D eigenvalue weighted by Gasteiger charge is 2.34. The predicted octanol–water partition coefficient (Wildman–Crippen LogP) is 6.62. The molecular formula is C32H30Cl3N3O4S. The average molecular weight is 659 g/mol. The van der Waals surface area contributed by atoms with Crippen LogP contribution in [-0.2, 0) is 32.6 Å². The fourth-order valence-corrected chi connectivity index (χ4v) is 6.46. The van der Waals surface area contributed by atoms with Crippen molar-refractivity contribution in [2.24, 2.45) is 0 Å². The number of anilines is 1. The van der Waals surface area contributed by atoms with Crippen molar-refractivity contribution in [2.45, 2.75) is 30.8 Å². The maximum absolute atomic E-state index is 14.3. The first-order chi connectivity index (χ1) is 20.6. The Morgan fingerprint density at radius 1 is 0.814 bits per heavy atom. The summed E-state index contributed by atoms with van der Waals surface area (Å²) in [5, 5.41) is 3.89. The number of rotatable bonds is 12. The van der Waals surface area contributed by atoms with Crippen LogP contribution < -0.4 is 9.62 Å². The zero-order valence-electron chi connectivity index (χ0n) is 23.3. The maximum atomic E-state index is 14.3. The number of likely N-dealkylation sites (N-methyl/N-ethyl adjacent to an activating group) is 1. The van der Waals surface area contributed by atoms with Crippen molar-refractivity contribution in [2.75, 3.05) is 17.4 Å². The highest BCUT2D eigenvalue weighted by molar-refractivity contribution is 7.92. The molecule has 0 fully saturated rings. The van der Waals surface area contributed by atoms with E-state index in [4.69, 9.17) is 34.8 Å². The van der Waals surface area contributed by atoms with Crippen LogP contribution in [0.15, 0.2) is 108 Å². The minimum absolute atomic E-state index is 0.0302. The summed E-state index contributed by atoms with van der Waals surface area (Å²) in [6.45, 7) is 1.49. The number of hydrogen-bond acceptors (Lipinski definition) is 4. The summed E-state index contributed by atoms with van der Waals surface area (Å²) in [6.07, 6.45) is 0.198. The lowest BCUT2D eigenvalue weighted by molar-refractivity contribution is -0.140. The molecular weight excluding hydrogens is 629 g/mol. The Balaban J connectivity index is 1.80. The van der Waals surface area contributed by atoms with Crippen molar-refractivity contribution in [3.8, 4) is 0 Å². The quantitative estimate of drug-likeness (QED) is 0.185. The number of hydrogen-bond donors (Lipinski definition) is 1. The normalized spacial score (nSPS) is 11.9. The first-order valence-corrected chi connectivity index (χ1v) is 16.1. The summed E-state index contributed by atoms with van der Waals surface area (Å²) in [5.41, 5.74) is 1.62. The third-order valence-corrected chi connectivity index (χ3v) is 9.34. The molecule has 2 amide bonds. The molecule has 0 saturated heterocycles. The molecule has 4 rings (SSSR count). The van der Waals surface area contributed by atoms with E-state index in [2.05, 4.69) is 5.32 Å². The Kier molecular flexibility index (Phi) is 11.1. The minimum atomic E-state index is -4.27. The molecule has 0 bridgehead atoms. The molecule has 11 heteroatoms. The van der Waals surface area contributed by atoms with Gasteiger partial charge in [-0.2, -0.15) is 0 Å². The van der Waals surface area contributed by atoms with Gasteiger partial charge in [0.05, 0.1) is 10.6 Å². The van der Waals surface area contributed by atoms with Gasteiger partial charge >= 0.3 is 0 Å². The van der Waals surface area contributed by atoms with E-state index < -0.39 is 28.5 Å². The number of amides is 2. The molecule has 0 aliphatic carbocycles. The Hall–Kier alpha value is -3.56. The lowest BCUT2D eigenvalue weighted by Crippen LogP contribution is -2.53. The molecule has 0 heterocycles. The summed E-state index contributed by atoms with van der Waals surface area (Å²) >= 11 is 18.8. The van der Waals surface area contributed by atoms with E-state index in [0.29, 0.717) is 27.2 Å². The molecule has 0 aliphatic rings. The average Bonchev–Trinajstić information content (AvgIpc) is 2.99. The van der Waals surface area contributed by atoms with Crippen LogP contribution in [0, 0.1) is 0 Å². The van der Waals surface area contributed by atoms with Gasteiger partial charge in [0.2, 0.25) is 11.8 Å². The van der Waals surface area contributed by atoms with Gasteiger partial charge in [-0.1, -0.05) is 89.4 Å². The van der Waals surface area contributed by atoms with Gasteiger partial charge in [-0.15, -0.1) is 0 Å². The van der Waals surface area contributed by atoms with Gasteiger partial charge in [0.25, 0.3) is 10.0 Å². The van der Waals surface area contributed by atoms with Crippen molar-refractivity contribution in [3.05, 3.63) is 129 Å². The van der Waals surface area contributed by atoms with Gasteiger partial charge in [0.15, 0.2) is 0 Å². The van der Waals surface area contributed by atoms with Crippen LogP contribution in [0.2, 0.25) is 15.1 Å². The molecule has 4 aromatic carbocycles. The molecule has 1 N–H and O–H groups in total. The number of benzene rings is 4. The minimum Gasteiger partial charge on any atom is -0.355 e. The summed E-state index contributed by atoms with van der Waals surface area (Å²) < 4.78 is 29.0. The number of nitrogens with zero attached hydrogens (tertiary/aromatic N) is 2. The van der Waals surface area contributed by atoms with Crippen molar-refractivity contribution >= 4 is 62.3 Å². The Morgan fingerprint density at radius 3 is 2.14 bits per heavy atom. The number of nitrogens with one attached hydrogen (secondary N) is 1. The summed E-state index contributed by atoms with van der Waals surface area (Å²) in [4.78, 5) is 29.2. The smallest absolute Gasteiger partial charge is 0.264 e. The number of carbonyl (C=O) groups excluding carboxylic acids is 2. The van der Waals surface area contributed by atoms with Gasteiger partial charge < -0.3 is 10.2 Å². The molecule has 0 saturated carbocycles. The largest absolute Gasteiger partial charge is 0.355 e. The molecule has 224 valence electrons. The molecule has 43 heavy (non-hydrogen) atoms. The first-order valence-electron chi connectivity index (χ1n) is 13.5. The highest BCUT2D eigenvalue weighted by Crippen LogP contribution is 2.28. The Morgan fingerprint density at radius 2 is 1.49 bits per heavy atom. The summed E-state index contributed by atoms with van der Waals surface area (Å²) in [7, 11) is -4.27. The van der Waals surface area contributed by atoms with E-state index in [9.17, 15) is 18.0 Å². The highest BCUT2D eigenvalue weighted by atomic mass is 35.5. The van der Waals surface area contributed by atoms with Crippen LogP contribution in [0.25, 0.3) is 0 Å². The van der Waals surface area contributed by atoms with Crippen molar-refractivity contribution in [3.63, 3.8) is 0 Å². The van der Waals surface area contributed by atoms with E-state index in [0.717, 1.165) is 9.87 Å². The molecule has 4 aromatic rings. The van der Waals surface area contributed by atoms with Crippen LogP contribution in [-0.4, -0.2) is 44.3 Å². The second-order valence-corrected chi connectivity index (χ2v) is 12.8. The SMILES string of the molecule is CCNC(=O)C(Cc1ccccc1)N(Cc1ccccc1Cl)C(=O)CN(c1cccc(Cl)c1)S(=O)(=O)c1ccc(Cl)cc1. The van der Waals surface area contributed by atoms with Gasteiger partial charge in [-0.3, -0.25) is 13.9 Å². The van der Waals surface area contributed by atoms with Crippen LogP contribution in [0.1, 0.15) is 18.1 Å². The zero-order valence-corrected chi connectivity index (χ0v) is 26.4. The maximum Gasteiger partial charge on any atom is 0.264 e. The van der Waals surface area contributed by atoms with Crippen LogP contribution in [0.4, 0.5) is 5.69 Å². The molecule has 1 atom stereocenters. The van der Waals surface area contributed by atoms with Crippen LogP contribution in [0.3, 0.4) is 0 Å². The van der Waals surface area contributed by atoms with E-state index >= 15 is 0 Å². The second kappa shape index (κ2) is 14.8. The van der Waals surface area contributed by atoms with Gasteiger partial charge in [0.1, 0.15) is 12.6 Å². The first kappa shape index (κ1) is 32.4. The lowest BCUT2D eigenvalue weighted by Gasteiger charge is -2.34. The predicted molar refractivity (Wildman–Crippen MR) is 172 cm³/mol. The molecule has 0 aromatic heterocycles. The number of halogens is 3. The fourth-order valence-electron chi connectivity index (χ4n) is 4.55. The Labute approximate surface area is 267 Å². The van der Waals surface area contributed by atoms with E-state index in [-0.39, 0.29) is 29.5 Å². The molecule has 1 unspecified atom stereocenters. The molecule has 7 nitrogen and oxygen atoms in total. The Bertz CT molecular complexity index is 1670. The van der Waals surface area contributed by atoms with Crippen LogP contribution in [0.5, 0.6) is 0 Å². The summed E-state index contributed by atoms with van der Waals surface area (Å²) in [6, 6.07) is 27.2. The van der Waals surface area contributed by atoms with Gasteiger partial charge in [-0.25, -0.2) is 8.42 Å². The van der Waals surface area contributed by atoms with Crippen molar-refractivity contribution in [1.29, 1.82) is 0 Å². The van der Waals surface area contributed by atoms with Gasteiger partial charge in [-0.05, 0) is 66.6 Å². The second-order valence-electron chi connectivity index (χ2n) is 9.66. The van der Waals surface area contributed by atoms with E-state index in [1.54, 1.807) is 49.4 Å². The third-order valence-electron chi connectivity index (χ3n) is 6.70. The standard InChI is InChI=1S/C32H30Cl3N3O4S/c1-2-36-32(40)30(19-23-9-4-3-5-10-23)37(21-24-11-6-7-14-29(24)35)31(39)22-38(27-13-8-12-26(34)20-27)43(41,42)28-17-15-25(33)16-18-28/h3-18,20,30H,2,19,21-22H2,1H3,(H,36,40). The topological polar surface area (TPSA) is 86.8 Å². The third kappa shape index (κ3) is 8.30. The number of sulfonamides is 1. The summed E-state index contributed by atoms with van der Waals surface area (Å²) in [5.74, 6) is -0.980. The van der Waals surface area contributed by atoms with Crippen LogP contribution >= 0.6 is 34.8 Å². The van der Waals surface area contributed by atoms with Crippen molar-refractivity contribution in [1.82, 2.24) is 10.2 Å². The zero-order chi connectivity index (χ0) is 31.0. The van der Waals surface area contributed by atoms with Crippen molar-refractivity contribution < 1.29 is 18.0 Å². The number of carbonyl (C=O) groups is 2. The van der Waals surface area contributed by atoms with Gasteiger partial charge in [0, 0.05) is 34.6 Å².